The van der Waals surface area contributed by atoms with E-state index in [2.05, 4.69) is 5.32 Å². The van der Waals surface area contributed by atoms with Crippen molar-refractivity contribution in [1.82, 2.24) is 0 Å². The fourth-order valence-electron chi connectivity index (χ4n) is 3.56. The number of nitrogens with one attached hydrogen (secondary N) is 1. The molecule has 1 aliphatic rings. The van der Waals surface area contributed by atoms with Crippen LogP contribution in [0, 0.1) is 20.8 Å². The number of thiocarbonyl (C=S) groups is 1. The third kappa shape index (κ3) is 5.93. The highest BCUT2D eigenvalue weighted by Crippen LogP contribution is 2.37. The average Bonchev–Trinajstić information content (AvgIpc) is 3.08. The van der Waals surface area contributed by atoms with Crippen LogP contribution in [0.25, 0.3) is 6.08 Å². The Morgan fingerprint density at radius 1 is 1.06 bits per heavy atom. The molecule has 0 aromatic heterocycles. The van der Waals surface area contributed by atoms with Gasteiger partial charge in [-0.25, -0.2) is 0 Å². The summed E-state index contributed by atoms with van der Waals surface area (Å²) in [6, 6.07) is 18.4. The number of benzene rings is 3. The molecule has 0 unspecified atom stereocenters. The topological polar surface area (TPSA) is 58.6 Å². The molecule has 35 heavy (non-hydrogen) atoms. The molecule has 5 nitrogen and oxygen atoms in total. The highest BCUT2D eigenvalue weighted by Gasteiger charge is 2.34. The minimum Gasteiger partial charge on any atom is -0.484 e. The van der Waals surface area contributed by atoms with Crippen molar-refractivity contribution in [2.45, 2.75) is 20.8 Å². The number of hydrogen-bond donors (Lipinski definition) is 1. The fraction of sp³-hybridized carbons (Fsp3) is 0.148. The number of carbonyl (C=O) groups excluding carboxylic acids is 2. The fourth-order valence-corrected chi connectivity index (χ4v) is 5.03. The standard InChI is InChI=1S/C27H23ClN2O3S2/c1-16-4-11-23(18(3)12-16)30-26(32)24(35-27(30)34)13-19-6-9-21(10-7-19)33-15-25(31)29-20-8-5-17(2)22(28)14-20/h4-14H,15H2,1-3H3,(H,29,31)/b24-13-. The molecule has 1 N–H and O–H groups in total. The van der Waals surface area contributed by atoms with Gasteiger partial charge < -0.3 is 10.1 Å². The van der Waals surface area contributed by atoms with Crippen LogP contribution in [0.3, 0.4) is 0 Å². The number of halogens is 1. The van der Waals surface area contributed by atoms with Crippen LogP contribution in [0.1, 0.15) is 22.3 Å². The Balaban J connectivity index is 1.38. The first-order chi connectivity index (χ1) is 16.7. The van der Waals surface area contributed by atoms with Crippen LogP contribution >= 0.6 is 35.6 Å². The maximum atomic E-state index is 13.1. The number of nitrogens with zero attached hydrogens (tertiary/aromatic N) is 1. The molecular formula is C27H23ClN2O3S2. The van der Waals surface area contributed by atoms with Gasteiger partial charge in [-0.1, -0.05) is 71.5 Å². The second-order valence-corrected chi connectivity index (χ2v) is 10.3. The van der Waals surface area contributed by atoms with Crippen LogP contribution in [0.4, 0.5) is 11.4 Å². The molecule has 0 saturated carbocycles. The molecule has 0 spiro atoms. The molecule has 1 saturated heterocycles. The van der Waals surface area contributed by atoms with Crippen LogP contribution in [-0.4, -0.2) is 22.7 Å². The normalized spacial score (nSPS) is 14.5. The lowest BCUT2D eigenvalue weighted by molar-refractivity contribution is -0.118. The lowest BCUT2D eigenvalue weighted by Crippen LogP contribution is -2.28. The van der Waals surface area contributed by atoms with Gasteiger partial charge in [-0.2, -0.15) is 0 Å². The molecule has 1 aliphatic heterocycles. The average molecular weight is 523 g/mol. The number of anilines is 2. The van der Waals surface area contributed by atoms with Crippen LogP contribution in [-0.2, 0) is 9.59 Å². The van der Waals surface area contributed by atoms with Crippen molar-refractivity contribution in [2.24, 2.45) is 0 Å². The monoisotopic (exact) mass is 522 g/mol. The van der Waals surface area contributed by atoms with Crippen molar-refractivity contribution in [3.8, 4) is 5.75 Å². The minimum atomic E-state index is -0.288. The number of hydrogen-bond acceptors (Lipinski definition) is 5. The lowest BCUT2D eigenvalue weighted by Gasteiger charge is -2.17. The van der Waals surface area contributed by atoms with E-state index < -0.39 is 0 Å². The van der Waals surface area contributed by atoms with Crippen molar-refractivity contribution in [2.75, 3.05) is 16.8 Å². The van der Waals surface area contributed by atoms with Crippen molar-refractivity contribution in [3.05, 3.63) is 92.8 Å². The summed E-state index contributed by atoms with van der Waals surface area (Å²) in [7, 11) is 0. The molecule has 0 atom stereocenters. The first-order valence-electron chi connectivity index (χ1n) is 10.9. The summed E-state index contributed by atoms with van der Waals surface area (Å²) in [5.74, 6) is 0.117. The van der Waals surface area contributed by atoms with Crippen LogP contribution < -0.4 is 15.0 Å². The number of thioether (sulfide) groups is 1. The van der Waals surface area contributed by atoms with E-state index in [1.54, 1.807) is 35.2 Å². The van der Waals surface area contributed by atoms with E-state index in [-0.39, 0.29) is 18.4 Å². The summed E-state index contributed by atoms with van der Waals surface area (Å²) >= 11 is 12.9. The zero-order chi connectivity index (χ0) is 25.1. The summed E-state index contributed by atoms with van der Waals surface area (Å²) in [4.78, 5) is 27.4. The smallest absolute Gasteiger partial charge is 0.270 e. The molecule has 4 rings (SSSR count). The van der Waals surface area contributed by atoms with E-state index in [9.17, 15) is 9.59 Å². The maximum Gasteiger partial charge on any atom is 0.270 e. The van der Waals surface area contributed by atoms with Gasteiger partial charge in [-0.3, -0.25) is 14.5 Å². The van der Waals surface area contributed by atoms with Gasteiger partial charge in [0.2, 0.25) is 0 Å². The zero-order valence-corrected chi connectivity index (χ0v) is 21.8. The van der Waals surface area contributed by atoms with Crippen molar-refractivity contribution < 1.29 is 14.3 Å². The third-order valence-electron chi connectivity index (χ3n) is 5.39. The van der Waals surface area contributed by atoms with Gasteiger partial charge in [-0.05, 0) is 73.9 Å². The molecule has 0 aliphatic carbocycles. The van der Waals surface area contributed by atoms with Gasteiger partial charge >= 0.3 is 0 Å². The van der Waals surface area contributed by atoms with E-state index in [1.165, 1.54) is 11.8 Å². The molecule has 2 amide bonds. The first kappa shape index (κ1) is 25.0. The van der Waals surface area contributed by atoms with Gasteiger partial charge in [0, 0.05) is 10.7 Å². The first-order valence-corrected chi connectivity index (χ1v) is 12.5. The molecule has 178 valence electrons. The van der Waals surface area contributed by atoms with Gasteiger partial charge in [0.25, 0.3) is 11.8 Å². The molecule has 3 aromatic rings. The Labute approximate surface area is 219 Å². The molecule has 1 heterocycles. The van der Waals surface area contributed by atoms with Crippen LogP contribution in [0.5, 0.6) is 5.75 Å². The van der Waals surface area contributed by atoms with Gasteiger partial charge in [0.15, 0.2) is 10.9 Å². The van der Waals surface area contributed by atoms with E-state index in [0.29, 0.717) is 25.7 Å². The summed E-state index contributed by atoms with van der Waals surface area (Å²) in [5.41, 5.74) is 5.31. The largest absolute Gasteiger partial charge is 0.484 e. The molecule has 1 fully saturated rings. The van der Waals surface area contributed by atoms with Gasteiger partial charge in [0.05, 0.1) is 10.6 Å². The number of ether oxygens (including phenoxy) is 1. The number of amides is 2. The Hall–Kier alpha value is -3.13. The summed E-state index contributed by atoms with van der Waals surface area (Å²) in [6.45, 7) is 5.74. The van der Waals surface area contributed by atoms with E-state index in [4.69, 9.17) is 28.6 Å². The molecule has 0 radical (unpaired) electrons. The Bertz CT molecular complexity index is 1350. The SMILES string of the molecule is Cc1ccc(N2C(=O)/C(=C/c3ccc(OCC(=O)Nc4ccc(C)c(Cl)c4)cc3)SC2=S)c(C)c1. The quantitative estimate of drug-likeness (QED) is 0.289. The van der Waals surface area contributed by atoms with E-state index in [1.807, 2.05) is 57.2 Å². The molecular weight excluding hydrogens is 500 g/mol. The second-order valence-electron chi connectivity index (χ2n) is 8.18. The number of carbonyl (C=O) groups is 2. The van der Waals surface area contributed by atoms with E-state index in [0.717, 1.165) is 27.9 Å². The maximum absolute atomic E-state index is 13.1. The van der Waals surface area contributed by atoms with Crippen LogP contribution in [0.15, 0.2) is 65.6 Å². The predicted molar refractivity (Wildman–Crippen MR) is 148 cm³/mol. The van der Waals surface area contributed by atoms with Crippen molar-refractivity contribution in [1.29, 1.82) is 0 Å². The minimum absolute atomic E-state index is 0.139. The number of aryl methyl sites for hydroxylation is 3. The molecule has 0 bridgehead atoms. The zero-order valence-electron chi connectivity index (χ0n) is 19.4. The summed E-state index contributed by atoms with van der Waals surface area (Å²) < 4.78 is 6.10. The number of rotatable bonds is 6. The van der Waals surface area contributed by atoms with Gasteiger partial charge in [-0.15, -0.1) is 0 Å². The molecule has 8 heteroatoms. The van der Waals surface area contributed by atoms with Crippen molar-refractivity contribution >= 4 is 69.2 Å². The van der Waals surface area contributed by atoms with Crippen LogP contribution in [0.2, 0.25) is 5.02 Å². The van der Waals surface area contributed by atoms with Gasteiger partial charge in [0.1, 0.15) is 5.75 Å². The Kier molecular flexibility index (Phi) is 7.60. The highest BCUT2D eigenvalue weighted by molar-refractivity contribution is 8.27. The van der Waals surface area contributed by atoms with E-state index >= 15 is 0 Å². The van der Waals surface area contributed by atoms with Crippen molar-refractivity contribution in [3.63, 3.8) is 0 Å². The Morgan fingerprint density at radius 2 is 1.80 bits per heavy atom. The lowest BCUT2D eigenvalue weighted by atomic mass is 10.1. The summed E-state index contributed by atoms with van der Waals surface area (Å²) in [5, 5.41) is 3.35. The Morgan fingerprint density at radius 3 is 2.49 bits per heavy atom. The predicted octanol–water partition coefficient (Wildman–Crippen LogP) is 6.69. The molecule has 3 aromatic carbocycles. The second kappa shape index (κ2) is 10.6. The summed E-state index contributed by atoms with van der Waals surface area (Å²) in [6.07, 6.45) is 1.81. The highest BCUT2D eigenvalue weighted by atomic mass is 35.5. The third-order valence-corrected chi connectivity index (χ3v) is 7.10.